The van der Waals surface area contributed by atoms with Crippen LogP contribution < -0.4 is 10.5 Å². The molecule has 2 N–H and O–H groups in total. The van der Waals surface area contributed by atoms with Crippen molar-refractivity contribution in [1.29, 1.82) is 0 Å². The number of anilines is 1. The van der Waals surface area contributed by atoms with Gasteiger partial charge < -0.3 is 15.4 Å². The van der Waals surface area contributed by atoms with Crippen LogP contribution in [0.15, 0.2) is 30.4 Å². The number of nitrogens with zero attached hydrogens (tertiary/aromatic N) is 1. The van der Waals surface area contributed by atoms with Crippen LogP contribution in [-0.4, -0.2) is 30.5 Å². The fraction of sp³-hybridized carbons (Fsp3) is 0.357. The molecule has 0 aliphatic carbocycles. The minimum atomic E-state index is 0.00704. The minimum absolute atomic E-state index is 0.00704. The smallest absolute Gasteiger partial charge is 0.254 e. The Balaban J connectivity index is 2.21. The summed E-state index contributed by atoms with van der Waals surface area (Å²) < 4.78 is 5.40. The maximum Gasteiger partial charge on any atom is 0.254 e. The lowest BCUT2D eigenvalue weighted by molar-refractivity contribution is 0.0770. The van der Waals surface area contributed by atoms with Gasteiger partial charge in [-0.25, -0.2) is 0 Å². The number of amides is 1. The molecule has 0 saturated carbocycles. The fourth-order valence-electron chi connectivity index (χ4n) is 2.00. The van der Waals surface area contributed by atoms with Crippen molar-refractivity contribution in [2.45, 2.75) is 13.3 Å². The third-order valence-electron chi connectivity index (χ3n) is 2.83. The van der Waals surface area contributed by atoms with Gasteiger partial charge >= 0.3 is 0 Å². The van der Waals surface area contributed by atoms with Crippen molar-refractivity contribution in [1.82, 2.24) is 4.90 Å². The lowest BCUT2D eigenvalue weighted by Crippen LogP contribution is -2.33. The topological polar surface area (TPSA) is 55.6 Å². The van der Waals surface area contributed by atoms with Gasteiger partial charge in [0, 0.05) is 30.4 Å². The maximum absolute atomic E-state index is 12.3. The van der Waals surface area contributed by atoms with E-state index in [9.17, 15) is 4.79 Å². The van der Waals surface area contributed by atoms with Crippen molar-refractivity contribution in [3.63, 3.8) is 0 Å². The Hall–Kier alpha value is -1.97. The molecular weight excluding hydrogens is 228 g/mol. The predicted molar refractivity (Wildman–Crippen MR) is 71.7 cm³/mol. The van der Waals surface area contributed by atoms with E-state index in [0.29, 0.717) is 30.2 Å². The first-order valence-electron chi connectivity index (χ1n) is 6.18. The fourth-order valence-corrected chi connectivity index (χ4v) is 2.00. The summed E-state index contributed by atoms with van der Waals surface area (Å²) >= 11 is 0. The molecule has 2 rings (SSSR count). The number of carbonyl (C=O) groups is 1. The number of nitrogens with two attached hydrogens (primary N) is 1. The largest absolute Gasteiger partial charge is 0.494 e. The van der Waals surface area contributed by atoms with Crippen molar-refractivity contribution in [2.24, 2.45) is 0 Å². The molecule has 0 spiro atoms. The number of ether oxygens (including phenoxy) is 1. The summed E-state index contributed by atoms with van der Waals surface area (Å²) in [6.07, 6.45) is 5.01. The van der Waals surface area contributed by atoms with Gasteiger partial charge in [-0.3, -0.25) is 4.79 Å². The zero-order valence-corrected chi connectivity index (χ0v) is 10.6. The minimum Gasteiger partial charge on any atom is -0.494 e. The highest BCUT2D eigenvalue weighted by Gasteiger charge is 2.17. The van der Waals surface area contributed by atoms with Crippen molar-refractivity contribution in [3.05, 3.63) is 35.9 Å². The molecule has 0 fully saturated rings. The summed E-state index contributed by atoms with van der Waals surface area (Å²) in [5, 5.41) is 0. The van der Waals surface area contributed by atoms with Crippen LogP contribution in [0.4, 0.5) is 5.69 Å². The van der Waals surface area contributed by atoms with E-state index in [1.165, 1.54) is 0 Å². The summed E-state index contributed by atoms with van der Waals surface area (Å²) in [6, 6.07) is 5.18. The Labute approximate surface area is 107 Å². The van der Waals surface area contributed by atoms with Crippen molar-refractivity contribution >= 4 is 11.6 Å². The molecule has 18 heavy (non-hydrogen) atoms. The second-order valence-electron chi connectivity index (χ2n) is 4.23. The van der Waals surface area contributed by atoms with Crippen molar-refractivity contribution < 1.29 is 9.53 Å². The lowest BCUT2D eigenvalue weighted by atomic mass is 10.1. The molecule has 0 bridgehead atoms. The zero-order valence-electron chi connectivity index (χ0n) is 10.6. The summed E-state index contributed by atoms with van der Waals surface area (Å²) in [7, 11) is 0. The second kappa shape index (κ2) is 5.58. The molecule has 1 aromatic carbocycles. The van der Waals surface area contributed by atoms with Gasteiger partial charge in [0.15, 0.2) is 0 Å². The highest BCUT2D eigenvalue weighted by Crippen LogP contribution is 2.20. The standard InChI is InChI=1S/C14H18N2O2/c1-2-18-13-9-11(8-12(15)10-13)14(17)16-6-4-3-5-7-16/h3-4,8-10H,2,5-7,15H2,1H3. The SMILES string of the molecule is CCOc1cc(N)cc(C(=O)N2CC=CCC2)c1. The molecule has 1 aliphatic rings. The van der Waals surface area contributed by atoms with E-state index in [1.54, 1.807) is 18.2 Å². The summed E-state index contributed by atoms with van der Waals surface area (Å²) in [5.41, 5.74) is 6.94. The van der Waals surface area contributed by atoms with Crippen LogP contribution in [0, 0.1) is 0 Å². The highest BCUT2D eigenvalue weighted by molar-refractivity contribution is 5.95. The number of hydrogen-bond donors (Lipinski definition) is 1. The van der Waals surface area contributed by atoms with Crippen LogP contribution in [0.2, 0.25) is 0 Å². The van der Waals surface area contributed by atoms with Gasteiger partial charge in [-0.05, 0) is 25.5 Å². The molecule has 1 aromatic rings. The first-order valence-corrected chi connectivity index (χ1v) is 6.18. The number of nitrogen functional groups attached to an aromatic ring is 1. The van der Waals surface area contributed by atoms with Gasteiger partial charge in [-0.15, -0.1) is 0 Å². The van der Waals surface area contributed by atoms with Gasteiger partial charge in [0.05, 0.1) is 6.61 Å². The first-order chi connectivity index (χ1) is 8.70. The zero-order chi connectivity index (χ0) is 13.0. The van der Waals surface area contributed by atoms with E-state index < -0.39 is 0 Å². The molecule has 0 saturated heterocycles. The number of carbonyl (C=O) groups excluding carboxylic acids is 1. The third kappa shape index (κ3) is 2.83. The number of hydrogen-bond acceptors (Lipinski definition) is 3. The van der Waals surface area contributed by atoms with E-state index in [-0.39, 0.29) is 5.91 Å². The van der Waals surface area contributed by atoms with E-state index in [4.69, 9.17) is 10.5 Å². The Bertz CT molecular complexity index is 469. The van der Waals surface area contributed by atoms with Gasteiger partial charge in [-0.1, -0.05) is 12.2 Å². The third-order valence-corrected chi connectivity index (χ3v) is 2.83. The van der Waals surface area contributed by atoms with Gasteiger partial charge in [-0.2, -0.15) is 0 Å². The molecule has 1 aliphatic heterocycles. The van der Waals surface area contributed by atoms with Crippen LogP contribution in [0.5, 0.6) is 5.75 Å². The summed E-state index contributed by atoms with van der Waals surface area (Å²) in [4.78, 5) is 14.1. The lowest BCUT2D eigenvalue weighted by Gasteiger charge is -2.23. The molecule has 0 radical (unpaired) electrons. The van der Waals surface area contributed by atoms with E-state index >= 15 is 0 Å². The normalized spacial score (nSPS) is 14.6. The maximum atomic E-state index is 12.3. The highest BCUT2D eigenvalue weighted by atomic mass is 16.5. The van der Waals surface area contributed by atoms with Crippen LogP contribution >= 0.6 is 0 Å². The quantitative estimate of drug-likeness (QED) is 0.656. The van der Waals surface area contributed by atoms with Crippen LogP contribution in [0.25, 0.3) is 0 Å². The molecule has 1 amide bonds. The van der Waals surface area contributed by atoms with Crippen molar-refractivity contribution in [2.75, 3.05) is 25.4 Å². The Morgan fingerprint density at radius 2 is 2.22 bits per heavy atom. The summed E-state index contributed by atoms with van der Waals surface area (Å²) in [6.45, 7) is 3.88. The van der Waals surface area contributed by atoms with Gasteiger partial charge in [0.25, 0.3) is 5.91 Å². The van der Waals surface area contributed by atoms with Gasteiger partial charge in [0.2, 0.25) is 0 Å². The molecule has 0 atom stereocenters. The monoisotopic (exact) mass is 246 g/mol. The number of benzene rings is 1. The first kappa shape index (κ1) is 12.5. The van der Waals surface area contributed by atoms with Crippen LogP contribution in [-0.2, 0) is 0 Å². The van der Waals surface area contributed by atoms with Gasteiger partial charge in [0.1, 0.15) is 5.75 Å². The van der Waals surface area contributed by atoms with E-state index in [0.717, 1.165) is 13.0 Å². The molecule has 1 heterocycles. The average molecular weight is 246 g/mol. The molecule has 96 valence electrons. The molecule has 4 nitrogen and oxygen atoms in total. The summed E-state index contributed by atoms with van der Waals surface area (Å²) in [5.74, 6) is 0.654. The van der Waals surface area contributed by atoms with Crippen LogP contribution in [0.3, 0.4) is 0 Å². The second-order valence-corrected chi connectivity index (χ2v) is 4.23. The average Bonchev–Trinajstić information content (AvgIpc) is 2.38. The Morgan fingerprint density at radius 3 is 2.89 bits per heavy atom. The van der Waals surface area contributed by atoms with E-state index in [2.05, 4.69) is 6.08 Å². The molecule has 0 aromatic heterocycles. The van der Waals surface area contributed by atoms with Crippen molar-refractivity contribution in [3.8, 4) is 5.75 Å². The molecular formula is C14H18N2O2. The number of rotatable bonds is 3. The Morgan fingerprint density at radius 1 is 1.39 bits per heavy atom. The van der Waals surface area contributed by atoms with E-state index in [1.807, 2.05) is 17.9 Å². The molecule has 0 unspecified atom stereocenters. The Kier molecular flexibility index (Phi) is 3.87. The molecule has 4 heteroatoms. The van der Waals surface area contributed by atoms with Crippen LogP contribution in [0.1, 0.15) is 23.7 Å². The predicted octanol–water partition coefficient (Wildman–Crippen LogP) is 2.07.